The summed E-state index contributed by atoms with van der Waals surface area (Å²) >= 11 is 11.6. The summed E-state index contributed by atoms with van der Waals surface area (Å²) in [7, 11) is 3.44. The highest BCUT2D eigenvalue weighted by molar-refractivity contribution is 6.17. The molecule has 0 heterocycles. The highest BCUT2D eigenvalue weighted by Gasteiger charge is 2.17. The molecule has 0 bridgehead atoms. The summed E-state index contributed by atoms with van der Waals surface area (Å²) in [5, 5.41) is 0. The van der Waals surface area contributed by atoms with E-state index in [4.69, 9.17) is 23.2 Å². The number of rotatable bonds is 6. The van der Waals surface area contributed by atoms with Crippen LogP contribution in [0.3, 0.4) is 0 Å². The maximum atomic E-state index is 12.8. The predicted molar refractivity (Wildman–Crippen MR) is 124 cm³/mol. The molecule has 6 heteroatoms. The number of nitrogens with zero attached hydrogens (tertiary/aromatic N) is 2. The van der Waals surface area contributed by atoms with Gasteiger partial charge in [0, 0.05) is 48.4 Å². The zero-order valence-electron chi connectivity index (χ0n) is 16.8. The normalized spacial score (nSPS) is 10.5. The smallest absolute Gasteiger partial charge is 0.258 e. The molecule has 0 radical (unpaired) electrons. The fraction of sp³-hybridized carbons (Fsp3) is 0.167. The van der Waals surface area contributed by atoms with Gasteiger partial charge >= 0.3 is 0 Å². The molecular weight excluding hydrogens is 419 g/mol. The Kier molecular flexibility index (Phi) is 7.14. The molecule has 0 aromatic heterocycles. The van der Waals surface area contributed by atoms with Gasteiger partial charge in [-0.1, -0.05) is 24.3 Å². The van der Waals surface area contributed by atoms with Gasteiger partial charge in [-0.15, -0.1) is 23.2 Å². The van der Waals surface area contributed by atoms with Crippen LogP contribution in [0, 0.1) is 0 Å². The van der Waals surface area contributed by atoms with Crippen LogP contribution < -0.4 is 9.80 Å². The number of carbonyl (C=O) groups excluding carboxylic acids is 2. The summed E-state index contributed by atoms with van der Waals surface area (Å²) in [6.45, 7) is 0. The average Bonchev–Trinajstić information content (AvgIpc) is 2.82. The Balaban J connectivity index is 1.72. The zero-order chi connectivity index (χ0) is 21.7. The standard InChI is InChI=1S/C24H22Cl2N2O2/c1-27(21-11-3-17(15-25)4-12-21)23(29)19-7-9-20(10-8-19)24(30)28(2)22-13-5-18(16-26)6-14-22/h3-14H,15-16H2,1-2H3. The molecule has 154 valence electrons. The number of alkyl halides is 2. The molecule has 0 unspecified atom stereocenters. The van der Waals surface area contributed by atoms with Crippen molar-refractivity contribution < 1.29 is 9.59 Å². The Hall–Kier alpha value is -2.82. The van der Waals surface area contributed by atoms with Gasteiger partial charge in [0.25, 0.3) is 11.8 Å². The second-order valence-corrected chi connectivity index (χ2v) is 7.44. The lowest BCUT2D eigenvalue weighted by Crippen LogP contribution is -2.27. The third kappa shape index (κ3) is 4.84. The average molecular weight is 441 g/mol. The molecule has 30 heavy (non-hydrogen) atoms. The van der Waals surface area contributed by atoms with Crippen LogP contribution in [0.4, 0.5) is 11.4 Å². The molecule has 0 fully saturated rings. The van der Waals surface area contributed by atoms with Crippen LogP contribution in [-0.2, 0) is 11.8 Å². The molecule has 3 aromatic rings. The van der Waals surface area contributed by atoms with Crippen LogP contribution >= 0.6 is 23.2 Å². The van der Waals surface area contributed by atoms with Gasteiger partial charge in [-0.3, -0.25) is 9.59 Å². The molecule has 0 aliphatic carbocycles. The topological polar surface area (TPSA) is 40.6 Å². The van der Waals surface area contributed by atoms with Gasteiger partial charge in [-0.05, 0) is 59.7 Å². The maximum absolute atomic E-state index is 12.8. The Morgan fingerprint density at radius 3 is 1.17 bits per heavy atom. The number of halogens is 2. The number of anilines is 2. The molecule has 0 aliphatic heterocycles. The summed E-state index contributed by atoms with van der Waals surface area (Å²) in [4.78, 5) is 28.7. The molecule has 0 aliphatic rings. The fourth-order valence-corrected chi connectivity index (χ4v) is 3.35. The molecule has 0 saturated carbocycles. The first-order valence-electron chi connectivity index (χ1n) is 9.40. The number of hydrogen-bond donors (Lipinski definition) is 0. The summed E-state index contributed by atoms with van der Waals surface area (Å²) in [5.41, 5.74) is 4.54. The van der Waals surface area contributed by atoms with Gasteiger partial charge < -0.3 is 9.80 Å². The van der Waals surface area contributed by atoms with Crippen LogP contribution in [0.25, 0.3) is 0 Å². The first kappa shape index (κ1) is 21.9. The Morgan fingerprint density at radius 1 is 0.600 bits per heavy atom. The van der Waals surface area contributed by atoms with E-state index in [2.05, 4.69) is 0 Å². The fourth-order valence-electron chi connectivity index (χ4n) is 2.99. The highest BCUT2D eigenvalue weighted by atomic mass is 35.5. The molecule has 0 spiro atoms. The Morgan fingerprint density at radius 2 is 0.900 bits per heavy atom. The number of benzene rings is 3. The van der Waals surface area contributed by atoms with Gasteiger partial charge in [-0.2, -0.15) is 0 Å². The van der Waals surface area contributed by atoms with E-state index in [9.17, 15) is 9.59 Å². The van der Waals surface area contributed by atoms with Crippen molar-refractivity contribution in [3.05, 3.63) is 95.1 Å². The van der Waals surface area contributed by atoms with Crippen molar-refractivity contribution >= 4 is 46.4 Å². The third-order valence-electron chi connectivity index (χ3n) is 4.94. The molecule has 2 amide bonds. The van der Waals surface area contributed by atoms with Crippen molar-refractivity contribution in [2.75, 3.05) is 23.9 Å². The second-order valence-electron chi connectivity index (χ2n) is 6.91. The molecule has 0 saturated heterocycles. The highest BCUT2D eigenvalue weighted by Crippen LogP contribution is 2.20. The van der Waals surface area contributed by atoms with Crippen LogP contribution in [-0.4, -0.2) is 25.9 Å². The van der Waals surface area contributed by atoms with Crippen molar-refractivity contribution in [3.8, 4) is 0 Å². The van der Waals surface area contributed by atoms with E-state index in [1.54, 1.807) is 48.2 Å². The van der Waals surface area contributed by atoms with Crippen molar-refractivity contribution in [1.82, 2.24) is 0 Å². The summed E-state index contributed by atoms with van der Waals surface area (Å²) in [6, 6.07) is 21.7. The quantitative estimate of drug-likeness (QED) is 0.460. The lowest BCUT2D eigenvalue weighted by Gasteiger charge is -2.19. The lowest BCUT2D eigenvalue weighted by molar-refractivity contribution is 0.0981. The van der Waals surface area contributed by atoms with Crippen molar-refractivity contribution in [2.45, 2.75) is 11.8 Å². The van der Waals surface area contributed by atoms with Crippen molar-refractivity contribution in [3.63, 3.8) is 0 Å². The van der Waals surface area contributed by atoms with E-state index in [1.165, 1.54) is 0 Å². The molecule has 0 N–H and O–H groups in total. The van der Waals surface area contributed by atoms with Crippen LogP contribution in [0.2, 0.25) is 0 Å². The molecule has 4 nitrogen and oxygen atoms in total. The Labute approximate surface area is 186 Å². The molecule has 0 atom stereocenters. The summed E-state index contributed by atoms with van der Waals surface area (Å²) < 4.78 is 0. The summed E-state index contributed by atoms with van der Waals surface area (Å²) in [6.07, 6.45) is 0. The van der Waals surface area contributed by atoms with E-state index < -0.39 is 0 Å². The zero-order valence-corrected chi connectivity index (χ0v) is 18.3. The SMILES string of the molecule is CN(C(=O)c1ccc(C(=O)N(C)c2ccc(CCl)cc2)cc1)c1ccc(CCl)cc1. The van der Waals surface area contributed by atoms with Crippen molar-refractivity contribution in [1.29, 1.82) is 0 Å². The maximum Gasteiger partial charge on any atom is 0.258 e. The van der Waals surface area contributed by atoms with Gasteiger partial charge in [0.1, 0.15) is 0 Å². The van der Waals surface area contributed by atoms with Crippen LogP contribution in [0.1, 0.15) is 31.8 Å². The number of amides is 2. The minimum Gasteiger partial charge on any atom is -0.311 e. The van der Waals surface area contributed by atoms with E-state index in [0.717, 1.165) is 22.5 Å². The third-order valence-corrected chi connectivity index (χ3v) is 5.56. The minimum atomic E-state index is -0.155. The minimum absolute atomic E-state index is 0.155. The summed E-state index contributed by atoms with van der Waals surface area (Å²) in [5.74, 6) is 0.549. The van der Waals surface area contributed by atoms with E-state index >= 15 is 0 Å². The molecule has 3 rings (SSSR count). The monoisotopic (exact) mass is 440 g/mol. The van der Waals surface area contributed by atoms with Gasteiger partial charge in [-0.25, -0.2) is 0 Å². The molecule has 3 aromatic carbocycles. The number of hydrogen-bond acceptors (Lipinski definition) is 2. The largest absolute Gasteiger partial charge is 0.311 e. The molecular formula is C24H22Cl2N2O2. The predicted octanol–water partition coefficient (Wildman–Crippen LogP) is 5.72. The number of carbonyl (C=O) groups is 2. The van der Waals surface area contributed by atoms with E-state index in [0.29, 0.717) is 22.9 Å². The van der Waals surface area contributed by atoms with E-state index in [1.807, 2.05) is 48.5 Å². The van der Waals surface area contributed by atoms with Gasteiger partial charge in [0.15, 0.2) is 0 Å². The van der Waals surface area contributed by atoms with Gasteiger partial charge in [0.2, 0.25) is 0 Å². The van der Waals surface area contributed by atoms with E-state index in [-0.39, 0.29) is 11.8 Å². The van der Waals surface area contributed by atoms with Crippen molar-refractivity contribution in [2.24, 2.45) is 0 Å². The first-order chi connectivity index (χ1) is 14.4. The second kappa shape index (κ2) is 9.79. The Bertz CT molecular complexity index is 932. The van der Waals surface area contributed by atoms with Gasteiger partial charge in [0.05, 0.1) is 0 Å². The lowest BCUT2D eigenvalue weighted by atomic mass is 10.1. The van der Waals surface area contributed by atoms with Crippen LogP contribution in [0.15, 0.2) is 72.8 Å². The van der Waals surface area contributed by atoms with Crippen LogP contribution in [0.5, 0.6) is 0 Å². The first-order valence-corrected chi connectivity index (χ1v) is 10.5.